The normalized spacial score (nSPS) is 23.5. The molecule has 41 heavy (non-hydrogen) atoms. The Morgan fingerprint density at radius 2 is 1.63 bits per heavy atom. The summed E-state index contributed by atoms with van der Waals surface area (Å²) in [6.07, 6.45) is 3.88. The highest BCUT2D eigenvalue weighted by Crippen LogP contribution is 2.51. The van der Waals surface area contributed by atoms with Gasteiger partial charge < -0.3 is 4.74 Å². The van der Waals surface area contributed by atoms with Crippen molar-refractivity contribution in [2.75, 3.05) is 6.61 Å². The third-order valence-corrected chi connectivity index (χ3v) is 9.20. The number of aryl methyl sites for hydroxylation is 1. The first kappa shape index (κ1) is 29.4. The Labute approximate surface area is 255 Å². The van der Waals surface area contributed by atoms with Crippen molar-refractivity contribution in [1.29, 1.82) is 0 Å². The molecule has 6 rings (SSSR count). The average Bonchev–Trinajstić information content (AvgIpc) is 3.41. The molecule has 0 unspecified atom stereocenters. The van der Waals surface area contributed by atoms with Crippen LogP contribution in [0.25, 0.3) is 10.8 Å². The lowest BCUT2D eigenvalue weighted by Crippen LogP contribution is -2.46. The highest BCUT2D eigenvalue weighted by atomic mass is 35.5. The summed E-state index contributed by atoms with van der Waals surface area (Å²) < 4.78 is 8.99. The van der Waals surface area contributed by atoms with E-state index < -0.39 is 0 Å². The molecule has 0 saturated carbocycles. The molecule has 0 aliphatic carbocycles. The minimum Gasteiger partial charge on any atom is -0.441 e. The van der Waals surface area contributed by atoms with Crippen LogP contribution in [0.15, 0.2) is 104 Å². The Balaban J connectivity index is 0.000000255. The second-order valence-corrected chi connectivity index (χ2v) is 12.9. The predicted octanol–water partition coefficient (Wildman–Crippen LogP) is 10.4. The number of allylic oxidation sites excluding steroid dienone is 1. The van der Waals surface area contributed by atoms with Crippen LogP contribution in [0.2, 0.25) is 10.0 Å². The number of nitrogens with zero attached hydrogens (tertiary/aromatic N) is 1. The van der Waals surface area contributed by atoms with Crippen LogP contribution in [0.1, 0.15) is 62.3 Å². The van der Waals surface area contributed by atoms with Gasteiger partial charge >= 0.3 is 5.90 Å². The Morgan fingerprint density at radius 1 is 0.927 bits per heavy atom. The summed E-state index contributed by atoms with van der Waals surface area (Å²) in [6.45, 7) is 13.8. The number of ether oxygens (including phenoxy) is 1. The number of halogens is 2. The summed E-state index contributed by atoms with van der Waals surface area (Å²) in [7, 11) is 0. The van der Waals surface area contributed by atoms with Crippen LogP contribution < -0.4 is 0 Å². The van der Waals surface area contributed by atoms with Crippen molar-refractivity contribution in [2.45, 2.75) is 58.5 Å². The molecule has 4 heteroatoms. The quantitative estimate of drug-likeness (QED) is 0.168. The van der Waals surface area contributed by atoms with Crippen LogP contribution in [0.5, 0.6) is 0 Å². The molecule has 0 amide bonds. The monoisotopic (exact) mass is 584 g/mol. The van der Waals surface area contributed by atoms with E-state index in [1.54, 1.807) is 0 Å². The molecule has 4 aromatic carbocycles. The van der Waals surface area contributed by atoms with Crippen molar-refractivity contribution in [2.24, 2.45) is 11.3 Å². The molecular formula is C37H40Cl2NO+. The SMILES string of the molecule is C=CC[C@@]1(C)C[C@H](c2cccc(Cl)c2)[C@@H](c2ccc(Cl)cc2)[N+]2=C1OC[C@@H]2C(C)C.Cc1cccc2ccccc12. The lowest BCUT2D eigenvalue weighted by Gasteiger charge is -2.39. The van der Waals surface area contributed by atoms with Crippen LogP contribution in [-0.4, -0.2) is 23.1 Å². The van der Waals surface area contributed by atoms with Crippen molar-refractivity contribution in [3.05, 3.63) is 130 Å². The largest absolute Gasteiger partial charge is 0.441 e. The maximum Gasteiger partial charge on any atom is 0.343 e. The fourth-order valence-electron chi connectivity index (χ4n) is 6.65. The fraction of sp³-hybridized carbons (Fsp3) is 0.324. The molecule has 4 aromatic rings. The van der Waals surface area contributed by atoms with Gasteiger partial charge in [-0.15, -0.1) is 6.58 Å². The summed E-state index contributed by atoms with van der Waals surface area (Å²) in [5.74, 6) is 1.87. The van der Waals surface area contributed by atoms with Gasteiger partial charge in [-0.3, -0.25) is 0 Å². The van der Waals surface area contributed by atoms with Crippen molar-refractivity contribution in [3.8, 4) is 0 Å². The van der Waals surface area contributed by atoms with E-state index >= 15 is 0 Å². The zero-order valence-electron chi connectivity index (χ0n) is 24.5. The molecule has 4 atom stereocenters. The van der Waals surface area contributed by atoms with E-state index in [9.17, 15) is 0 Å². The smallest absolute Gasteiger partial charge is 0.343 e. The summed E-state index contributed by atoms with van der Waals surface area (Å²) >= 11 is 12.7. The third-order valence-electron chi connectivity index (χ3n) is 8.71. The maximum absolute atomic E-state index is 6.43. The van der Waals surface area contributed by atoms with Gasteiger partial charge in [0.05, 0.1) is 11.3 Å². The lowest BCUT2D eigenvalue weighted by atomic mass is 9.69. The first-order valence-corrected chi connectivity index (χ1v) is 15.3. The van der Waals surface area contributed by atoms with Crippen molar-refractivity contribution < 1.29 is 9.31 Å². The van der Waals surface area contributed by atoms with Gasteiger partial charge in [-0.25, -0.2) is 0 Å². The molecule has 212 valence electrons. The molecule has 0 saturated heterocycles. The standard InChI is InChI=1S/C26H30Cl2NO.C11H10/c1-5-13-26(4)15-22(19-7-6-8-21(28)14-19)24(18-9-11-20(27)12-10-18)29-23(17(2)3)16-30-25(26)29;1-9-5-4-7-10-6-2-3-8-11(9)10/h5-12,14,17,22-24H,1,13,15-16H2,2-4H3;2-8H,1H3/q+1;/t22-,23-,24-,26+;/m1./s1. The van der Waals surface area contributed by atoms with Gasteiger partial charge in [0.2, 0.25) is 0 Å². The van der Waals surface area contributed by atoms with Gasteiger partial charge in [0.15, 0.2) is 18.7 Å². The molecular weight excluding hydrogens is 545 g/mol. The molecule has 2 nitrogen and oxygen atoms in total. The molecule has 0 radical (unpaired) electrons. The van der Waals surface area contributed by atoms with Crippen molar-refractivity contribution in [1.82, 2.24) is 0 Å². The number of fused-ring (bicyclic) bond motifs is 1. The molecule has 0 fully saturated rings. The predicted molar refractivity (Wildman–Crippen MR) is 174 cm³/mol. The van der Waals surface area contributed by atoms with Crippen LogP contribution >= 0.6 is 23.2 Å². The van der Waals surface area contributed by atoms with Gasteiger partial charge in [-0.05, 0) is 72.9 Å². The highest BCUT2D eigenvalue weighted by Gasteiger charge is 2.57. The topological polar surface area (TPSA) is 12.2 Å². The first-order valence-electron chi connectivity index (χ1n) is 14.6. The van der Waals surface area contributed by atoms with Gasteiger partial charge in [-0.1, -0.05) is 110 Å². The van der Waals surface area contributed by atoms with Gasteiger partial charge in [-0.2, -0.15) is 4.58 Å². The second kappa shape index (κ2) is 12.4. The van der Waals surface area contributed by atoms with Crippen molar-refractivity contribution in [3.63, 3.8) is 0 Å². The molecule has 0 N–H and O–H groups in total. The maximum atomic E-state index is 6.43. The van der Waals surface area contributed by atoms with Gasteiger partial charge in [0.25, 0.3) is 0 Å². The van der Waals surface area contributed by atoms with Crippen LogP contribution in [0.4, 0.5) is 0 Å². The highest BCUT2D eigenvalue weighted by molar-refractivity contribution is 6.30. The summed E-state index contributed by atoms with van der Waals surface area (Å²) in [6, 6.07) is 32.0. The summed E-state index contributed by atoms with van der Waals surface area (Å²) in [5, 5.41) is 4.22. The van der Waals surface area contributed by atoms with Crippen molar-refractivity contribution >= 4 is 39.9 Å². The Kier molecular flexibility index (Phi) is 8.92. The number of rotatable bonds is 5. The molecule has 0 spiro atoms. The minimum absolute atomic E-state index is 0.0959. The van der Waals surface area contributed by atoms with Crippen LogP contribution in [0.3, 0.4) is 0 Å². The number of hydrogen-bond acceptors (Lipinski definition) is 1. The van der Waals surface area contributed by atoms with E-state index in [-0.39, 0.29) is 17.4 Å². The Morgan fingerprint density at radius 3 is 2.32 bits per heavy atom. The minimum atomic E-state index is -0.0959. The molecule has 0 aromatic heterocycles. The Hall–Kier alpha value is -3.07. The fourth-order valence-corrected chi connectivity index (χ4v) is 6.97. The van der Waals surface area contributed by atoms with E-state index in [2.05, 4.69) is 112 Å². The average molecular weight is 586 g/mol. The number of hydrogen-bond donors (Lipinski definition) is 0. The second-order valence-electron chi connectivity index (χ2n) is 12.0. The summed E-state index contributed by atoms with van der Waals surface area (Å²) in [5.41, 5.74) is 3.79. The van der Waals surface area contributed by atoms with Crippen LogP contribution in [-0.2, 0) is 4.74 Å². The molecule has 0 bridgehead atoms. The van der Waals surface area contributed by atoms with Gasteiger partial charge in [0, 0.05) is 21.5 Å². The van der Waals surface area contributed by atoms with E-state index in [4.69, 9.17) is 27.9 Å². The molecule has 2 aliphatic rings. The Bertz CT molecular complexity index is 1550. The zero-order valence-corrected chi connectivity index (χ0v) is 26.0. The first-order chi connectivity index (χ1) is 19.7. The molecule has 2 aliphatic heterocycles. The van der Waals surface area contributed by atoms with E-state index in [1.165, 1.54) is 27.5 Å². The zero-order chi connectivity index (χ0) is 29.1. The lowest BCUT2D eigenvalue weighted by molar-refractivity contribution is -0.616. The van der Waals surface area contributed by atoms with E-state index in [1.807, 2.05) is 24.3 Å². The third kappa shape index (κ3) is 6.10. The van der Waals surface area contributed by atoms with Gasteiger partial charge in [0.1, 0.15) is 0 Å². The van der Waals surface area contributed by atoms with E-state index in [0.717, 1.165) is 35.4 Å². The van der Waals surface area contributed by atoms with Crippen LogP contribution in [0, 0.1) is 18.3 Å². The van der Waals surface area contributed by atoms with E-state index in [0.29, 0.717) is 12.0 Å². The summed E-state index contributed by atoms with van der Waals surface area (Å²) in [4.78, 5) is 0. The number of benzene rings is 4. The molecule has 2 heterocycles.